The fraction of sp³-hybridized carbons (Fsp3) is 0.562. The maximum absolute atomic E-state index is 11.9. The van der Waals surface area contributed by atoms with Crippen molar-refractivity contribution in [1.82, 2.24) is 4.90 Å². The molecular formula is C16H23NO3. The van der Waals surface area contributed by atoms with Gasteiger partial charge in [-0.2, -0.15) is 0 Å². The summed E-state index contributed by atoms with van der Waals surface area (Å²) < 4.78 is 4.92. The van der Waals surface area contributed by atoms with Crippen LogP contribution in [0, 0.1) is 5.92 Å². The molecule has 0 spiro atoms. The Kier molecular flexibility index (Phi) is 5.56. The van der Waals surface area contributed by atoms with Crippen LogP contribution in [0.2, 0.25) is 0 Å². The fourth-order valence-electron chi connectivity index (χ4n) is 2.71. The van der Waals surface area contributed by atoms with E-state index in [1.165, 1.54) is 5.56 Å². The minimum Gasteiger partial charge on any atom is -0.391 e. The Hall–Kier alpha value is -1.39. The summed E-state index contributed by atoms with van der Waals surface area (Å²) in [6, 6.07) is 10.2. The van der Waals surface area contributed by atoms with E-state index in [1.807, 2.05) is 18.2 Å². The maximum Gasteiger partial charge on any atom is 0.224 e. The average molecular weight is 277 g/mol. The summed E-state index contributed by atoms with van der Waals surface area (Å²) in [6.45, 7) is 1.62. The van der Waals surface area contributed by atoms with Crippen LogP contribution in [0.1, 0.15) is 18.4 Å². The molecule has 20 heavy (non-hydrogen) atoms. The largest absolute Gasteiger partial charge is 0.391 e. The van der Waals surface area contributed by atoms with Gasteiger partial charge >= 0.3 is 0 Å². The number of carbonyl (C=O) groups is 1. The number of hydrogen-bond donors (Lipinski definition) is 1. The van der Waals surface area contributed by atoms with Crippen molar-refractivity contribution in [3.05, 3.63) is 35.9 Å². The zero-order valence-electron chi connectivity index (χ0n) is 12.0. The number of benzene rings is 1. The lowest BCUT2D eigenvalue weighted by molar-refractivity contribution is -0.136. The maximum atomic E-state index is 11.9. The van der Waals surface area contributed by atoms with Gasteiger partial charge in [0.2, 0.25) is 5.91 Å². The Balaban J connectivity index is 1.84. The summed E-state index contributed by atoms with van der Waals surface area (Å²) >= 11 is 0. The van der Waals surface area contributed by atoms with Crippen molar-refractivity contribution in [2.45, 2.75) is 25.4 Å². The van der Waals surface area contributed by atoms with Crippen molar-refractivity contribution in [1.29, 1.82) is 0 Å². The second-order valence-electron chi connectivity index (χ2n) is 5.39. The van der Waals surface area contributed by atoms with Crippen LogP contribution >= 0.6 is 0 Å². The molecule has 1 aromatic carbocycles. The fourth-order valence-corrected chi connectivity index (χ4v) is 2.71. The molecule has 0 unspecified atom stereocenters. The molecule has 1 heterocycles. The van der Waals surface area contributed by atoms with E-state index >= 15 is 0 Å². The topological polar surface area (TPSA) is 49.8 Å². The van der Waals surface area contributed by atoms with E-state index < -0.39 is 6.10 Å². The van der Waals surface area contributed by atoms with Crippen LogP contribution in [0.25, 0.3) is 0 Å². The van der Waals surface area contributed by atoms with E-state index in [0.29, 0.717) is 19.6 Å². The van der Waals surface area contributed by atoms with Gasteiger partial charge in [-0.05, 0) is 24.3 Å². The van der Waals surface area contributed by atoms with Gasteiger partial charge in [0, 0.05) is 20.2 Å². The van der Waals surface area contributed by atoms with E-state index in [9.17, 15) is 9.90 Å². The molecule has 1 N–H and O–H groups in total. The van der Waals surface area contributed by atoms with Gasteiger partial charge in [-0.25, -0.2) is 0 Å². The molecule has 1 saturated heterocycles. The van der Waals surface area contributed by atoms with Crippen LogP contribution in [0.15, 0.2) is 30.3 Å². The predicted octanol–water partition coefficient (Wildman–Crippen LogP) is 1.48. The summed E-state index contributed by atoms with van der Waals surface area (Å²) in [5, 5.41) is 10.2. The summed E-state index contributed by atoms with van der Waals surface area (Å²) in [7, 11) is 1.59. The highest BCUT2D eigenvalue weighted by atomic mass is 16.5. The summed E-state index contributed by atoms with van der Waals surface area (Å²) in [4.78, 5) is 13.7. The molecule has 0 saturated carbocycles. The van der Waals surface area contributed by atoms with Gasteiger partial charge in [0.1, 0.15) is 0 Å². The highest BCUT2D eigenvalue weighted by Crippen LogP contribution is 2.22. The smallest absolute Gasteiger partial charge is 0.224 e. The number of amides is 1. The van der Waals surface area contributed by atoms with Crippen molar-refractivity contribution in [2.75, 3.05) is 26.8 Å². The van der Waals surface area contributed by atoms with E-state index in [0.717, 1.165) is 19.4 Å². The van der Waals surface area contributed by atoms with Crippen molar-refractivity contribution in [3.8, 4) is 0 Å². The van der Waals surface area contributed by atoms with Crippen molar-refractivity contribution in [2.24, 2.45) is 5.92 Å². The lowest BCUT2D eigenvalue weighted by Crippen LogP contribution is -2.47. The zero-order chi connectivity index (χ0) is 14.4. The van der Waals surface area contributed by atoms with Gasteiger partial charge in [-0.1, -0.05) is 30.3 Å². The molecule has 1 amide bonds. The van der Waals surface area contributed by atoms with Crippen molar-refractivity contribution in [3.63, 3.8) is 0 Å². The Morgan fingerprint density at radius 1 is 1.40 bits per heavy atom. The second-order valence-corrected chi connectivity index (χ2v) is 5.39. The number of aliphatic hydroxyl groups excluding tert-OH is 1. The minimum atomic E-state index is -0.435. The molecule has 1 fully saturated rings. The lowest BCUT2D eigenvalue weighted by Gasteiger charge is -2.36. The third-order valence-corrected chi connectivity index (χ3v) is 3.93. The zero-order valence-corrected chi connectivity index (χ0v) is 12.0. The van der Waals surface area contributed by atoms with Gasteiger partial charge in [0.05, 0.1) is 19.1 Å². The summed E-state index contributed by atoms with van der Waals surface area (Å²) in [5.74, 6) is 0.313. The van der Waals surface area contributed by atoms with Gasteiger partial charge in [-0.3, -0.25) is 4.79 Å². The second kappa shape index (κ2) is 7.41. The van der Waals surface area contributed by atoms with Crippen LogP contribution < -0.4 is 0 Å². The SMILES string of the molecule is COCCC(=O)N1CC[C@H](Cc2ccccc2)[C@H](O)C1. The lowest BCUT2D eigenvalue weighted by atomic mass is 9.88. The van der Waals surface area contributed by atoms with Crippen molar-refractivity contribution < 1.29 is 14.6 Å². The Morgan fingerprint density at radius 2 is 2.15 bits per heavy atom. The normalized spacial score (nSPS) is 22.8. The van der Waals surface area contributed by atoms with E-state index in [1.54, 1.807) is 12.0 Å². The monoisotopic (exact) mass is 277 g/mol. The first-order chi connectivity index (χ1) is 9.70. The Labute approximate surface area is 120 Å². The Bertz CT molecular complexity index is 421. The molecule has 1 aliphatic heterocycles. The van der Waals surface area contributed by atoms with Crippen LogP contribution in [0.3, 0.4) is 0 Å². The molecule has 0 bridgehead atoms. The molecule has 1 aromatic rings. The van der Waals surface area contributed by atoms with E-state index in [2.05, 4.69) is 12.1 Å². The average Bonchev–Trinajstić information content (AvgIpc) is 2.48. The molecule has 1 aliphatic rings. The van der Waals surface area contributed by atoms with E-state index in [4.69, 9.17) is 4.74 Å². The van der Waals surface area contributed by atoms with Gasteiger partial charge < -0.3 is 14.7 Å². The molecule has 2 atom stereocenters. The molecule has 2 rings (SSSR count). The number of β-amino-alcohol motifs (C(OH)–C–C–N with tert-alkyl or cyclic N) is 1. The number of carbonyl (C=O) groups excluding carboxylic acids is 1. The number of aliphatic hydroxyl groups is 1. The minimum absolute atomic E-state index is 0.0732. The number of piperidine rings is 1. The highest BCUT2D eigenvalue weighted by Gasteiger charge is 2.29. The summed E-state index contributed by atoms with van der Waals surface area (Å²) in [6.07, 6.45) is 1.69. The molecule has 4 nitrogen and oxygen atoms in total. The standard InChI is InChI=1S/C16H23NO3/c1-20-10-8-16(19)17-9-7-14(15(18)12-17)11-13-5-3-2-4-6-13/h2-6,14-15,18H,7-12H2,1H3/t14-,15-/m1/s1. The number of likely N-dealkylation sites (tertiary alicyclic amines) is 1. The van der Waals surface area contributed by atoms with E-state index in [-0.39, 0.29) is 11.8 Å². The predicted molar refractivity (Wildman–Crippen MR) is 77.3 cm³/mol. The van der Waals surface area contributed by atoms with Gasteiger partial charge in [-0.15, -0.1) is 0 Å². The number of rotatable bonds is 5. The number of nitrogens with zero attached hydrogens (tertiary/aromatic N) is 1. The highest BCUT2D eigenvalue weighted by molar-refractivity contribution is 5.76. The van der Waals surface area contributed by atoms with Crippen LogP contribution in [0.4, 0.5) is 0 Å². The van der Waals surface area contributed by atoms with Gasteiger partial charge in [0.15, 0.2) is 0 Å². The summed E-state index contributed by atoms with van der Waals surface area (Å²) in [5.41, 5.74) is 1.25. The van der Waals surface area contributed by atoms with Crippen LogP contribution in [-0.2, 0) is 16.0 Å². The molecule has 4 heteroatoms. The van der Waals surface area contributed by atoms with Crippen molar-refractivity contribution >= 4 is 5.91 Å². The molecule has 0 aromatic heterocycles. The van der Waals surface area contributed by atoms with Crippen LogP contribution in [-0.4, -0.2) is 48.8 Å². The number of methoxy groups -OCH3 is 1. The third-order valence-electron chi connectivity index (χ3n) is 3.93. The first kappa shape index (κ1) is 15.0. The molecule has 0 aliphatic carbocycles. The molecule has 110 valence electrons. The van der Waals surface area contributed by atoms with Gasteiger partial charge in [0.25, 0.3) is 0 Å². The molecule has 0 radical (unpaired) electrons. The quantitative estimate of drug-likeness (QED) is 0.887. The first-order valence-electron chi connectivity index (χ1n) is 7.19. The third kappa shape index (κ3) is 4.05. The number of hydrogen-bond acceptors (Lipinski definition) is 3. The molecular weight excluding hydrogens is 254 g/mol. The first-order valence-corrected chi connectivity index (χ1v) is 7.19. The number of ether oxygens (including phenoxy) is 1. The Morgan fingerprint density at radius 3 is 2.80 bits per heavy atom. The van der Waals surface area contributed by atoms with Crippen LogP contribution in [0.5, 0.6) is 0 Å².